The molecule has 1 aromatic heterocycles. The number of quaternary nitrogens is 1. The molecule has 1 aliphatic rings. The van der Waals surface area contributed by atoms with Gasteiger partial charge in [0.25, 0.3) is 0 Å². The summed E-state index contributed by atoms with van der Waals surface area (Å²) in [5, 5.41) is 24.1. The molecule has 0 spiro atoms. The Morgan fingerprint density at radius 2 is 2.04 bits per heavy atom. The normalized spacial score (nSPS) is 15.0. The third-order valence-corrected chi connectivity index (χ3v) is 5.25. The lowest BCUT2D eigenvalue weighted by atomic mass is 9.90. The maximum Gasteiger partial charge on any atom is 0.339 e. The third-order valence-electron chi connectivity index (χ3n) is 5.25. The number of nitrogens with two attached hydrogens (primary N) is 1. The number of rotatable bonds is 7. The molecule has 0 saturated heterocycles. The molecule has 1 aromatic carbocycles. The Kier molecular flexibility index (Phi) is 5.61. The van der Waals surface area contributed by atoms with Crippen LogP contribution < -0.4 is 16.0 Å². The summed E-state index contributed by atoms with van der Waals surface area (Å²) in [6.45, 7) is 2.22. The molecule has 3 rings (SSSR count). The average Bonchev–Trinajstić information content (AvgIpc) is 2.63. The highest BCUT2D eigenvalue weighted by Gasteiger charge is 2.22. The predicted octanol–water partition coefficient (Wildman–Crippen LogP) is 0.749. The molecule has 0 bridgehead atoms. The number of aromatic hydroxyl groups is 1. The van der Waals surface area contributed by atoms with Gasteiger partial charge >= 0.3 is 5.63 Å². The number of phenolic OH excluding ortho intramolecular Hbond substituents is 1. The van der Waals surface area contributed by atoms with E-state index in [9.17, 15) is 19.8 Å². The second kappa shape index (κ2) is 7.91. The van der Waals surface area contributed by atoms with Crippen molar-refractivity contribution in [1.82, 2.24) is 0 Å². The quantitative estimate of drug-likeness (QED) is 0.710. The zero-order valence-electron chi connectivity index (χ0n) is 15.0. The van der Waals surface area contributed by atoms with Crippen LogP contribution in [-0.4, -0.2) is 17.1 Å². The predicted molar refractivity (Wildman–Crippen MR) is 94.7 cm³/mol. The van der Waals surface area contributed by atoms with Gasteiger partial charge in [0.05, 0.1) is 11.5 Å². The Morgan fingerprint density at radius 3 is 2.73 bits per heavy atom. The Morgan fingerprint density at radius 1 is 1.31 bits per heavy atom. The smallest absolute Gasteiger partial charge is 0.339 e. The fraction of sp³-hybridized carbons (Fsp3) is 0.500. The van der Waals surface area contributed by atoms with Crippen LogP contribution >= 0.6 is 0 Å². The van der Waals surface area contributed by atoms with Crippen molar-refractivity contribution in [2.75, 3.05) is 0 Å². The second-order valence-electron chi connectivity index (χ2n) is 7.00. The fourth-order valence-electron chi connectivity index (χ4n) is 3.77. The molecule has 2 aromatic rings. The molecular weight excluding hydrogens is 334 g/mol. The first-order chi connectivity index (χ1) is 12.5. The molecule has 140 valence electrons. The van der Waals surface area contributed by atoms with Crippen molar-refractivity contribution in [3.05, 3.63) is 39.2 Å². The van der Waals surface area contributed by atoms with Gasteiger partial charge in [0.1, 0.15) is 18.3 Å². The highest BCUT2D eigenvalue weighted by atomic mass is 16.4. The Balaban J connectivity index is 1.97. The van der Waals surface area contributed by atoms with E-state index in [0.29, 0.717) is 17.6 Å². The summed E-state index contributed by atoms with van der Waals surface area (Å²) in [6.07, 6.45) is 5.74. The number of benzene rings is 1. The van der Waals surface area contributed by atoms with Crippen molar-refractivity contribution in [2.24, 2.45) is 0 Å². The Bertz CT molecular complexity index is 871. The average molecular weight is 359 g/mol. The number of carboxylic acids is 1. The summed E-state index contributed by atoms with van der Waals surface area (Å²) in [7, 11) is 0. The first kappa shape index (κ1) is 18.5. The van der Waals surface area contributed by atoms with Gasteiger partial charge in [-0.2, -0.15) is 0 Å². The number of carbonyl (C=O) groups excluding carboxylic acids is 1. The molecular formula is C20H25NO5. The van der Waals surface area contributed by atoms with Crippen LogP contribution in [0.15, 0.2) is 21.3 Å². The minimum Gasteiger partial charge on any atom is -0.544 e. The van der Waals surface area contributed by atoms with E-state index in [4.69, 9.17) is 4.42 Å². The molecule has 6 heteroatoms. The van der Waals surface area contributed by atoms with Crippen molar-refractivity contribution >= 4 is 16.9 Å². The zero-order chi connectivity index (χ0) is 18.7. The van der Waals surface area contributed by atoms with Crippen LogP contribution in [0.25, 0.3) is 11.0 Å². The number of fused-ring (bicyclic) bond motifs is 3. The first-order valence-electron chi connectivity index (χ1n) is 9.36. The number of hydrogen-bond acceptors (Lipinski definition) is 5. The standard InChI is InChI=1S/C20H25NO5/c1-2-3-8-16(19(23)24)21-11-15-17(22)10-9-13-12-6-4-5-7-14(12)20(25)26-18(13)15/h9-10,16,21-22H,2-8,11H2,1H3,(H,23,24). The van der Waals surface area contributed by atoms with Gasteiger partial charge in [-0.25, -0.2) is 4.79 Å². The molecule has 26 heavy (non-hydrogen) atoms. The van der Waals surface area contributed by atoms with Crippen molar-refractivity contribution in [1.29, 1.82) is 0 Å². The van der Waals surface area contributed by atoms with E-state index in [1.807, 2.05) is 6.92 Å². The van der Waals surface area contributed by atoms with E-state index >= 15 is 0 Å². The minimum absolute atomic E-state index is 0.0141. The summed E-state index contributed by atoms with van der Waals surface area (Å²) >= 11 is 0. The summed E-state index contributed by atoms with van der Waals surface area (Å²) in [5.41, 5.74) is 2.24. The molecule has 6 nitrogen and oxygen atoms in total. The lowest BCUT2D eigenvalue weighted by Crippen LogP contribution is -2.91. The van der Waals surface area contributed by atoms with E-state index in [2.05, 4.69) is 0 Å². The van der Waals surface area contributed by atoms with Crippen LogP contribution in [0.2, 0.25) is 0 Å². The van der Waals surface area contributed by atoms with Gasteiger partial charge in [0.15, 0.2) is 5.58 Å². The number of aryl methyl sites for hydroxylation is 1. The minimum atomic E-state index is -1.11. The SMILES string of the molecule is CCCCC([NH2+]Cc1c(O)ccc2c3c(c(=O)oc12)CCCC3)C(=O)[O-]. The van der Waals surface area contributed by atoms with E-state index in [-0.39, 0.29) is 17.9 Å². The van der Waals surface area contributed by atoms with Crippen molar-refractivity contribution < 1.29 is 24.7 Å². The van der Waals surface area contributed by atoms with Gasteiger partial charge in [-0.1, -0.05) is 13.3 Å². The van der Waals surface area contributed by atoms with Crippen molar-refractivity contribution in [3.63, 3.8) is 0 Å². The van der Waals surface area contributed by atoms with E-state index in [1.54, 1.807) is 17.4 Å². The molecule has 0 radical (unpaired) electrons. The molecule has 0 saturated carbocycles. The van der Waals surface area contributed by atoms with E-state index in [0.717, 1.165) is 55.0 Å². The molecule has 0 amide bonds. The molecule has 1 unspecified atom stereocenters. The second-order valence-corrected chi connectivity index (χ2v) is 7.00. The number of carboxylic acid groups (broad SMARTS) is 1. The van der Waals surface area contributed by atoms with Gasteiger partial charge < -0.3 is 24.7 Å². The number of aliphatic carboxylic acids is 1. The van der Waals surface area contributed by atoms with E-state index in [1.165, 1.54) is 0 Å². The van der Waals surface area contributed by atoms with Gasteiger partial charge in [-0.3, -0.25) is 0 Å². The van der Waals surface area contributed by atoms with E-state index < -0.39 is 12.0 Å². The van der Waals surface area contributed by atoms with Crippen LogP contribution in [0, 0.1) is 0 Å². The number of hydrogen-bond donors (Lipinski definition) is 2. The molecule has 1 heterocycles. The van der Waals surface area contributed by atoms with Gasteiger partial charge in [0, 0.05) is 17.4 Å². The molecule has 1 atom stereocenters. The topological polar surface area (TPSA) is 107 Å². The highest BCUT2D eigenvalue weighted by Crippen LogP contribution is 2.32. The largest absolute Gasteiger partial charge is 0.544 e. The van der Waals surface area contributed by atoms with Crippen molar-refractivity contribution in [3.8, 4) is 5.75 Å². The molecule has 0 fully saturated rings. The number of unbranched alkanes of at least 4 members (excludes halogenated alkanes) is 1. The molecule has 1 aliphatic carbocycles. The zero-order valence-corrected chi connectivity index (χ0v) is 15.0. The lowest BCUT2D eigenvalue weighted by Gasteiger charge is -2.19. The van der Waals surface area contributed by atoms with Crippen LogP contribution in [0.3, 0.4) is 0 Å². The summed E-state index contributed by atoms with van der Waals surface area (Å²) < 4.78 is 5.55. The maximum absolute atomic E-state index is 12.4. The van der Waals surface area contributed by atoms with Crippen LogP contribution in [0.5, 0.6) is 5.75 Å². The lowest BCUT2D eigenvalue weighted by molar-refractivity contribution is -0.698. The number of carbonyl (C=O) groups is 1. The van der Waals surface area contributed by atoms with Crippen LogP contribution in [0.1, 0.15) is 55.7 Å². The van der Waals surface area contributed by atoms with Gasteiger partial charge in [0.2, 0.25) is 0 Å². The molecule has 0 aliphatic heterocycles. The van der Waals surface area contributed by atoms with Gasteiger partial charge in [-0.15, -0.1) is 0 Å². The maximum atomic E-state index is 12.4. The number of phenols is 1. The van der Waals surface area contributed by atoms with Gasteiger partial charge in [-0.05, 0) is 49.8 Å². The van der Waals surface area contributed by atoms with Crippen LogP contribution in [-0.2, 0) is 24.2 Å². The van der Waals surface area contributed by atoms with Crippen LogP contribution in [0.4, 0.5) is 0 Å². The fourth-order valence-corrected chi connectivity index (χ4v) is 3.77. The first-order valence-corrected chi connectivity index (χ1v) is 9.36. The summed E-state index contributed by atoms with van der Waals surface area (Å²) in [5.74, 6) is -1.10. The monoisotopic (exact) mass is 359 g/mol. The summed E-state index contributed by atoms with van der Waals surface area (Å²) in [6, 6.07) is 2.70. The third kappa shape index (κ3) is 3.60. The van der Waals surface area contributed by atoms with Crippen molar-refractivity contribution in [2.45, 2.75) is 64.5 Å². The Labute approximate surface area is 151 Å². The summed E-state index contributed by atoms with van der Waals surface area (Å²) in [4.78, 5) is 23.7. The Hall–Kier alpha value is -2.34. The highest BCUT2D eigenvalue weighted by molar-refractivity contribution is 5.86. The molecule has 3 N–H and O–H groups in total.